The highest BCUT2D eigenvalue weighted by atomic mass is 127. The molecular formula is C26H23IN2O3. The van der Waals surface area contributed by atoms with Crippen LogP contribution in [0.15, 0.2) is 66.7 Å². The van der Waals surface area contributed by atoms with Gasteiger partial charge >= 0.3 is 0 Å². The van der Waals surface area contributed by atoms with Crippen LogP contribution in [0.4, 0.5) is 11.4 Å². The summed E-state index contributed by atoms with van der Waals surface area (Å²) < 4.78 is 1.11. The van der Waals surface area contributed by atoms with E-state index in [0.717, 1.165) is 37.2 Å². The maximum absolute atomic E-state index is 12.7. The summed E-state index contributed by atoms with van der Waals surface area (Å²) in [5.74, 6) is 0.119. The number of anilines is 1. The number of carbonyl (C=O) groups is 1. The van der Waals surface area contributed by atoms with Gasteiger partial charge in [-0.05, 0) is 88.7 Å². The Morgan fingerprint density at radius 3 is 2.50 bits per heavy atom. The Hall–Kier alpha value is -3.00. The third-order valence-electron chi connectivity index (χ3n) is 5.74. The standard InChI is InChI=1S/C26H23IN2O3/c1-3-23(30)16-26-24-15-22(29(31)32)10-7-18(24)14-25(19-6-4-5-17(2)13-19)28(26)21-11-8-20(27)9-12-21/h4-15,26H,3,16H2,1-2H3. The molecule has 5 nitrogen and oxygen atoms in total. The van der Waals surface area contributed by atoms with Crippen molar-refractivity contribution in [1.29, 1.82) is 0 Å². The number of aryl methyl sites for hydroxylation is 1. The minimum absolute atomic E-state index is 0.0349. The summed E-state index contributed by atoms with van der Waals surface area (Å²) >= 11 is 2.27. The Bertz CT molecular complexity index is 1220. The van der Waals surface area contributed by atoms with E-state index in [1.165, 1.54) is 6.07 Å². The van der Waals surface area contributed by atoms with E-state index >= 15 is 0 Å². The second-order valence-electron chi connectivity index (χ2n) is 7.93. The number of rotatable bonds is 6. The lowest BCUT2D eigenvalue weighted by molar-refractivity contribution is -0.384. The fourth-order valence-corrected chi connectivity index (χ4v) is 4.49. The minimum Gasteiger partial charge on any atom is -0.333 e. The van der Waals surface area contributed by atoms with Gasteiger partial charge in [-0.1, -0.05) is 30.7 Å². The normalized spacial score (nSPS) is 15.2. The van der Waals surface area contributed by atoms with Crippen LogP contribution in [0.25, 0.3) is 11.8 Å². The molecule has 0 saturated carbocycles. The van der Waals surface area contributed by atoms with Gasteiger partial charge in [0.15, 0.2) is 0 Å². The van der Waals surface area contributed by atoms with Gasteiger partial charge in [0.05, 0.1) is 11.0 Å². The monoisotopic (exact) mass is 538 g/mol. The molecule has 0 fully saturated rings. The van der Waals surface area contributed by atoms with Crippen LogP contribution in [-0.4, -0.2) is 10.7 Å². The number of non-ortho nitro benzene ring substituents is 1. The highest BCUT2D eigenvalue weighted by Gasteiger charge is 2.33. The summed E-state index contributed by atoms with van der Waals surface area (Å²) in [5, 5.41) is 11.5. The zero-order valence-corrected chi connectivity index (χ0v) is 20.1. The fourth-order valence-electron chi connectivity index (χ4n) is 4.13. The molecule has 0 aromatic heterocycles. The van der Waals surface area contributed by atoms with Crippen molar-refractivity contribution in [3.8, 4) is 0 Å². The number of nitro benzene ring substituents is 1. The molecule has 4 rings (SSSR count). The van der Waals surface area contributed by atoms with Crippen molar-refractivity contribution in [2.24, 2.45) is 0 Å². The average Bonchev–Trinajstić information content (AvgIpc) is 2.79. The summed E-state index contributed by atoms with van der Waals surface area (Å²) in [6, 6.07) is 21.0. The van der Waals surface area contributed by atoms with Crippen LogP contribution in [0, 0.1) is 20.6 Å². The van der Waals surface area contributed by atoms with E-state index in [-0.39, 0.29) is 28.9 Å². The predicted molar refractivity (Wildman–Crippen MR) is 136 cm³/mol. The smallest absolute Gasteiger partial charge is 0.269 e. The number of nitro groups is 1. The molecule has 0 amide bonds. The lowest BCUT2D eigenvalue weighted by atomic mass is 9.87. The molecule has 1 aliphatic rings. The molecule has 1 atom stereocenters. The van der Waals surface area contributed by atoms with E-state index in [0.29, 0.717) is 6.42 Å². The zero-order chi connectivity index (χ0) is 22.8. The molecule has 0 spiro atoms. The molecule has 6 heteroatoms. The highest BCUT2D eigenvalue weighted by molar-refractivity contribution is 14.1. The quantitative estimate of drug-likeness (QED) is 0.194. The average molecular weight is 538 g/mol. The first-order valence-corrected chi connectivity index (χ1v) is 11.6. The first-order valence-electron chi connectivity index (χ1n) is 10.5. The van der Waals surface area contributed by atoms with Crippen LogP contribution in [0.1, 0.15) is 48.1 Å². The molecule has 1 aliphatic heterocycles. The van der Waals surface area contributed by atoms with Crippen molar-refractivity contribution in [2.45, 2.75) is 32.7 Å². The summed E-state index contributed by atoms with van der Waals surface area (Å²) in [7, 11) is 0. The molecule has 0 radical (unpaired) electrons. The summed E-state index contributed by atoms with van der Waals surface area (Å²) in [5.41, 5.74) is 5.85. The number of carbonyl (C=O) groups excluding carboxylic acids is 1. The molecule has 1 unspecified atom stereocenters. The number of hydrogen-bond acceptors (Lipinski definition) is 4. The summed E-state index contributed by atoms with van der Waals surface area (Å²) in [4.78, 5) is 25.9. The van der Waals surface area contributed by atoms with Gasteiger partial charge in [0.2, 0.25) is 0 Å². The molecule has 162 valence electrons. The summed E-state index contributed by atoms with van der Waals surface area (Å²) in [6.45, 7) is 3.91. The highest BCUT2D eigenvalue weighted by Crippen LogP contribution is 2.44. The van der Waals surface area contributed by atoms with E-state index in [1.807, 2.05) is 37.3 Å². The van der Waals surface area contributed by atoms with Crippen molar-refractivity contribution < 1.29 is 9.72 Å². The van der Waals surface area contributed by atoms with Gasteiger partial charge in [-0.2, -0.15) is 0 Å². The van der Waals surface area contributed by atoms with Crippen LogP contribution < -0.4 is 4.90 Å². The number of hydrogen-bond donors (Lipinski definition) is 0. The maximum atomic E-state index is 12.7. The molecule has 0 saturated heterocycles. The topological polar surface area (TPSA) is 63.4 Å². The van der Waals surface area contributed by atoms with Crippen molar-refractivity contribution in [1.82, 2.24) is 0 Å². The number of nitrogens with zero attached hydrogens (tertiary/aromatic N) is 2. The van der Waals surface area contributed by atoms with Gasteiger partial charge in [-0.25, -0.2) is 0 Å². The second-order valence-corrected chi connectivity index (χ2v) is 9.17. The predicted octanol–water partition coefficient (Wildman–Crippen LogP) is 6.94. The van der Waals surface area contributed by atoms with Crippen LogP contribution in [0.5, 0.6) is 0 Å². The molecule has 3 aromatic carbocycles. The zero-order valence-electron chi connectivity index (χ0n) is 17.9. The minimum atomic E-state index is -0.381. The van der Waals surface area contributed by atoms with Crippen LogP contribution in [0.2, 0.25) is 0 Å². The first-order chi connectivity index (χ1) is 15.4. The van der Waals surface area contributed by atoms with E-state index < -0.39 is 0 Å². The summed E-state index contributed by atoms with van der Waals surface area (Å²) in [6.07, 6.45) is 2.77. The van der Waals surface area contributed by atoms with Crippen molar-refractivity contribution in [3.05, 3.63) is 103 Å². The number of fused-ring (bicyclic) bond motifs is 1. The third kappa shape index (κ3) is 4.46. The molecule has 3 aromatic rings. The van der Waals surface area contributed by atoms with Gasteiger partial charge in [0.1, 0.15) is 5.78 Å². The van der Waals surface area contributed by atoms with Gasteiger partial charge in [0, 0.05) is 39.9 Å². The fraction of sp³-hybridized carbons (Fsp3) is 0.192. The van der Waals surface area contributed by atoms with Crippen molar-refractivity contribution in [3.63, 3.8) is 0 Å². The van der Waals surface area contributed by atoms with Gasteiger partial charge < -0.3 is 4.90 Å². The van der Waals surface area contributed by atoms with E-state index in [2.05, 4.69) is 58.7 Å². The Kier molecular flexibility index (Phi) is 6.41. The molecule has 0 aliphatic carbocycles. The van der Waals surface area contributed by atoms with E-state index in [9.17, 15) is 14.9 Å². The Morgan fingerprint density at radius 1 is 1.09 bits per heavy atom. The van der Waals surface area contributed by atoms with Crippen LogP contribution in [0.3, 0.4) is 0 Å². The lowest BCUT2D eigenvalue weighted by Crippen LogP contribution is -2.32. The molecule has 0 N–H and O–H groups in total. The van der Waals surface area contributed by atoms with E-state index in [4.69, 9.17) is 0 Å². The van der Waals surface area contributed by atoms with Gasteiger partial charge in [-0.15, -0.1) is 0 Å². The van der Waals surface area contributed by atoms with Gasteiger partial charge in [-0.3, -0.25) is 14.9 Å². The van der Waals surface area contributed by atoms with Crippen LogP contribution in [-0.2, 0) is 4.79 Å². The number of Topliss-reactive ketones (excluding diaryl/α,β-unsaturated/α-hetero) is 1. The van der Waals surface area contributed by atoms with E-state index in [1.54, 1.807) is 12.1 Å². The SMILES string of the molecule is CCC(=O)CC1c2cc([N+](=O)[O-])ccc2C=C(c2cccc(C)c2)N1c1ccc(I)cc1. The number of benzene rings is 3. The third-order valence-corrected chi connectivity index (χ3v) is 6.46. The molecule has 0 bridgehead atoms. The van der Waals surface area contributed by atoms with Gasteiger partial charge in [0.25, 0.3) is 5.69 Å². The second kappa shape index (κ2) is 9.24. The largest absolute Gasteiger partial charge is 0.333 e. The lowest BCUT2D eigenvalue weighted by Gasteiger charge is -2.39. The number of halogens is 1. The Balaban J connectivity index is 1.98. The molecule has 1 heterocycles. The maximum Gasteiger partial charge on any atom is 0.269 e. The van der Waals surface area contributed by atoms with Crippen molar-refractivity contribution >= 4 is 51.5 Å². The Morgan fingerprint density at radius 2 is 1.84 bits per heavy atom. The molecule has 32 heavy (non-hydrogen) atoms. The molecular weight excluding hydrogens is 515 g/mol. The number of ketones is 1. The Labute approximate surface area is 201 Å². The van der Waals surface area contributed by atoms with Crippen LogP contribution >= 0.6 is 22.6 Å². The first kappa shape index (κ1) is 22.2. The van der Waals surface area contributed by atoms with Crippen molar-refractivity contribution in [2.75, 3.05) is 4.90 Å².